The fraction of sp³-hybridized carbons (Fsp3) is 0.333. The third kappa shape index (κ3) is 4.50. The maximum absolute atomic E-state index is 13.0. The van der Waals surface area contributed by atoms with Gasteiger partial charge in [0.15, 0.2) is 5.13 Å². The summed E-state index contributed by atoms with van der Waals surface area (Å²) < 4.78 is 13.0. The van der Waals surface area contributed by atoms with Crippen LogP contribution >= 0.6 is 23.7 Å². The molecule has 1 unspecified atom stereocenters. The van der Waals surface area contributed by atoms with Crippen molar-refractivity contribution in [2.45, 2.75) is 13.8 Å². The normalized spacial score (nSPS) is 11.6. The topological polar surface area (TPSA) is 54.0 Å². The van der Waals surface area contributed by atoms with Crippen molar-refractivity contribution < 1.29 is 9.18 Å². The highest BCUT2D eigenvalue weighted by Crippen LogP contribution is 2.30. The minimum Gasteiger partial charge on any atom is -0.319 e. The molecule has 0 aliphatic heterocycles. The fourth-order valence-corrected chi connectivity index (χ4v) is 2.79. The third-order valence-electron chi connectivity index (χ3n) is 3.10. The van der Waals surface area contributed by atoms with E-state index in [0.717, 1.165) is 16.1 Å². The predicted octanol–water partition coefficient (Wildman–Crippen LogP) is 3.47. The number of aryl methyl sites for hydroxylation is 1. The van der Waals surface area contributed by atoms with Gasteiger partial charge in [0.2, 0.25) is 5.91 Å². The summed E-state index contributed by atoms with van der Waals surface area (Å²) in [7, 11) is 1.81. The van der Waals surface area contributed by atoms with E-state index < -0.39 is 0 Å². The molecule has 0 radical (unpaired) electrons. The third-order valence-corrected chi connectivity index (χ3v) is 3.99. The van der Waals surface area contributed by atoms with Crippen LogP contribution < -0.4 is 10.6 Å². The number of nitrogens with one attached hydrogen (secondary N) is 2. The summed E-state index contributed by atoms with van der Waals surface area (Å²) in [4.78, 5) is 17.4. The molecule has 1 aromatic heterocycles. The van der Waals surface area contributed by atoms with E-state index >= 15 is 0 Å². The van der Waals surface area contributed by atoms with Crippen LogP contribution in [-0.4, -0.2) is 24.5 Å². The number of halogens is 2. The summed E-state index contributed by atoms with van der Waals surface area (Å²) in [6.07, 6.45) is 0. The molecule has 1 heterocycles. The number of carbonyl (C=O) groups excluding carboxylic acids is 1. The molecule has 22 heavy (non-hydrogen) atoms. The summed E-state index contributed by atoms with van der Waals surface area (Å²) in [5.74, 6) is -0.474. The highest BCUT2D eigenvalue weighted by Gasteiger charge is 2.16. The minimum atomic E-state index is -0.277. The molecule has 0 aliphatic rings. The van der Waals surface area contributed by atoms with Crippen LogP contribution in [0.2, 0.25) is 0 Å². The van der Waals surface area contributed by atoms with Crippen LogP contribution in [0.25, 0.3) is 11.3 Å². The first-order valence-electron chi connectivity index (χ1n) is 6.70. The molecular formula is C15H19ClFN3OS. The molecule has 0 bridgehead atoms. The first-order valence-corrected chi connectivity index (χ1v) is 7.51. The van der Waals surface area contributed by atoms with E-state index in [1.807, 2.05) is 20.9 Å². The van der Waals surface area contributed by atoms with Gasteiger partial charge in [-0.25, -0.2) is 9.37 Å². The molecule has 7 heteroatoms. The number of amides is 1. The molecule has 0 aliphatic carbocycles. The number of rotatable bonds is 5. The van der Waals surface area contributed by atoms with E-state index in [0.29, 0.717) is 11.7 Å². The molecule has 0 saturated carbocycles. The van der Waals surface area contributed by atoms with E-state index in [9.17, 15) is 9.18 Å². The van der Waals surface area contributed by atoms with E-state index in [1.165, 1.54) is 23.5 Å². The molecule has 1 amide bonds. The second kappa shape index (κ2) is 8.22. The lowest BCUT2D eigenvalue weighted by atomic mass is 10.1. The molecular weight excluding hydrogens is 325 g/mol. The van der Waals surface area contributed by atoms with Gasteiger partial charge in [-0.2, -0.15) is 0 Å². The Morgan fingerprint density at radius 3 is 2.59 bits per heavy atom. The summed E-state index contributed by atoms with van der Waals surface area (Å²) in [5.41, 5.74) is 1.62. The number of thiazole rings is 1. The molecule has 0 saturated heterocycles. The number of hydrogen-bond acceptors (Lipinski definition) is 4. The Bertz CT molecular complexity index is 630. The number of hydrogen-bond donors (Lipinski definition) is 2. The first-order chi connectivity index (χ1) is 10.0. The van der Waals surface area contributed by atoms with E-state index in [1.54, 1.807) is 12.1 Å². The Balaban J connectivity index is 0.00000242. The summed E-state index contributed by atoms with van der Waals surface area (Å²) >= 11 is 1.42. The SMILES string of the molecule is CNCC(C)C(=O)Nc1nc(-c2ccc(F)cc2)c(C)s1.Cl. The van der Waals surface area contributed by atoms with Gasteiger partial charge >= 0.3 is 0 Å². The van der Waals surface area contributed by atoms with Crippen LogP contribution in [-0.2, 0) is 4.79 Å². The molecule has 1 atom stereocenters. The van der Waals surface area contributed by atoms with Crippen molar-refractivity contribution in [3.05, 3.63) is 35.0 Å². The monoisotopic (exact) mass is 343 g/mol. The highest BCUT2D eigenvalue weighted by molar-refractivity contribution is 7.16. The zero-order valence-corrected chi connectivity index (χ0v) is 14.3. The second-order valence-electron chi connectivity index (χ2n) is 4.88. The van der Waals surface area contributed by atoms with Gasteiger partial charge in [-0.15, -0.1) is 23.7 Å². The Hall–Kier alpha value is -1.50. The van der Waals surface area contributed by atoms with Crippen LogP contribution in [0, 0.1) is 18.7 Å². The number of nitrogens with zero attached hydrogens (tertiary/aromatic N) is 1. The Kier molecular flexibility index (Phi) is 6.93. The van der Waals surface area contributed by atoms with Gasteiger partial charge in [0.1, 0.15) is 5.82 Å². The molecule has 4 nitrogen and oxygen atoms in total. The van der Waals surface area contributed by atoms with Crippen LogP contribution in [0.15, 0.2) is 24.3 Å². The molecule has 2 rings (SSSR count). The Labute approximate surface area is 139 Å². The molecule has 1 aromatic carbocycles. The van der Waals surface area contributed by atoms with Crippen LogP contribution in [0.1, 0.15) is 11.8 Å². The zero-order valence-electron chi connectivity index (χ0n) is 12.6. The van der Waals surface area contributed by atoms with Gasteiger partial charge in [0.25, 0.3) is 0 Å². The number of benzene rings is 1. The van der Waals surface area contributed by atoms with Gasteiger partial charge in [-0.3, -0.25) is 4.79 Å². The summed E-state index contributed by atoms with van der Waals surface area (Å²) in [6.45, 7) is 4.40. The highest BCUT2D eigenvalue weighted by atomic mass is 35.5. The van der Waals surface area contributed by atoms with E-state index in [-0.39, 0.29) is 30.0 Å². The maximum Gasteiger partial charge on any atom is 0.230 e. The van der Waals surface area contributed by atoms with Gasteiger partial charge in [-0.05, 0) is 38.2 Å². The van der Waals surface area contributed by atoms with Crippen molar-refractivity contribution >= 4 is 34.8 Å². The van der Waals surface area contributed by atoms with Crippen LogP contribution in [0.4, 0.5) is 9.52 Å². The van der Waals surface area contributed by atoms with Crippen molar-refractivity contribution in [2.24, 2.45) is 5.92 Å². The summed E-state index contributed by atoms with van der Waals surface area (Å²) in [6, 6.07) is 6.18. The van der Waals surface area contributed by atoms with Gasteiger partial charge < -0.3 is 10.6 Å². The van der Waals surface area contributed by atoms with Crippen LogP contribution in [0.3, 0.4) is 0 Å². The average molecular weight is 344 g/mol. The molecule has 0 spiro atoms. The lowest BCUT2D eigenvalue weighted by Crippen LogP contribution is -2.28. The second-order valence-corrected chi connectivity index (χ2v) is 6.08. The van der Waals surface area contributed by atoms with Crippen molar-refractivity contribution in [3.63, 3.8) is 0 Å². The van der Waals surface area contributed by atoms with Crippen molar-refractivity contribution in [1.82, 2.24) is 10.3 Å². The predicted molar refractivity (Wildman–Crippen MR) is 91.2 cm³/mol. The lowest BCUT2D eigenvalue weighted by Gasteiger charge is -2.09. The smallest absolute Gasteiger partial charge is 0.230 e. The molecule has 120 valence electrons. The quantitative estimate of drug-likeness (QED) is 0.874. The zero-order chi connectivity index (χ0) is 15.4. The average Bonchev–Trinajstić information content (AvgIpc) is 2.80. The number of carbonyl (C=O) groups is 1. The van der Waals surface area contributed by atoms with E-state index in [2.05, 4.69) is 15.6 Å². The lowest BCUT2D eigenvalue weighted by molar-refractivity contribution is -0.119. The number of aromatic nitrogens is 1. The first kappa shape index (κ1) is 18.5. The standard InChI is InChI=1S/C15H18FN3OS.ClH/c1-9(8-17-3)14(20)19-15-18-13(10(2)21-15)11-4-6-12(16)7-5-11;/h4-7,9,17H,8H2,1-3H3,(H,18,19,20);1H. The largest absolute Gasteiger partial charge is 0.319 e. The van der Waals surface area contributed by atoms with Crippen LogP contribution in [0.5, 0.6) is 0 Å². The van der Waals surface area contributed by atoms with Gasteiger partial charge in [0, 0.05) is 22.9 Å². The molecule has 2 N–H and O–H groups in total. The van der Waals surface area contributed by atoms with Crippen molar-refractivity contribution in [1.29, 1.82) is 0 Å². The van der Waals surface area contributed by atoms with Crippen molar-refractivity contribution in [3.8, 4) is 11.3 Å². The fourth-order valence-electron chi connectivity index (χ4n) is 1.95. The minimum absolute atomic E-state index is 0. The van der Waals surface area contributed by atoms with E-state index in [4.69, 9.17) is 0 Å². The molecule has 2 aromatic rings. The van der Waals surface area contributed by atoms with Crippen molar-refractivity contribution in [2.75, 3.05) is 18.9 Å². The summed E-state index contributed by atoms with van der Waals surface area (Å²) in [5, 5.41) is 6.36. The van der Waals surface area contributed by atoms with Gasteiger partial charge in [0.05, 0.1) is 5.69 Å². The maximum atomic E-state index is 13.0. The molecule has 0 fully saturated rings. The van der Waals surface area contributed by atoms with Gasteiger partial charge in [-0.1, -0.05) is 6.92 Å². The number of anilines is 1. The Morgan fingerprint density at radius 2 is 2.00 bits per heavy atom. The Morgan fingerprint density at radius 1 is 1.36 bits per heavy atom.